The Morgan fingerprint density at radius 3 is 2.46 bits per heavy atom. The smallest absolute Gasteiger partial charge is 0.234 e. The van der Waals surface area contributed by atoms with Gasteiger partial charge in [0, 0.05) is 30.0 Å². The average molecular weight is 387 g/mol. The Hall–Kier alpha value is -2.47. The lowest BCUT2D eigenvalue weighted by Crippen LogP contribution is -2.37. The largest absolute Gasteiger partial charge is 0.355 e. The van der Waals surface area contributed by atoms with Crippen LogP contribution in [0.25, 0.3) is 0 Å². The first-order valence-electron chi connectivity index (χ1n) is 9.71. The average Bonchev–Trinajstić information content (AvgIpc) is 2.93. The van der Waals surface area contributed by atoms with Crippen molar-refractivity contribution in [3.63, 3.8) is 0 Å². The molecule has 28 heavy (non-hydrogen) atoms. The van der Waals surface area contributed by atoms with Gasteiger partial charge in [0.1, 0.15) is 5.82 Å². The van der Waals surface area contributed by atoms with Crippen molar-refractivity contribution in [3.8, 4) is 0 Å². The Morgan fingerprint density at radius 1 is 1.14 bits per heavy atom. The van der Waals surface area contributed by atoms with Gasteiger partial charge in [-0.15, -0.1) is 0 Å². The Bertz CT molecular complexity index is 812. The maximum Gasteiger partial charge on any atom is 0.234 e. The van der Waals surface area contributed by atoms with Crippen molar-refractivity contribution >= 4 is 11.7 Å². The third-order valence-corrected chi connectivity index (χ3v) is 4.81. The molecule has 0 unspecified atom stereocenters. The molecule has 2 rings (SSSR count). The second kappa shape index (κ2) is 10.2. The van der Waals surface area contributed by atoms with Gasteiger partial charge < -0.3 is 9.88 Å². The fourth-order valence-electron chi connectivity index (χ4n) is 3.27. The molecule has 1 aromatic carbocycles. The Balaban J connectivity index is 1.98. The molecular weight excluding hydrogens is 357 g/mol. The number of nitrogens with one attached hydrogen (secondary N) is 1. The second-order valence-corrected chi connectivity index (χ2v) is 7.26. The molecule has 0 saturated heterocycles. The molecule has 1 amide bonds. The Labute approximate surface area is 166 Å². The third-order valence-electron chi connectivity index (χ3n) is 4.81. The minimum absolute atomic E-state index is 0.00641. The van der Waals surface area contributed by atoms with Gasteiger partial charge in [0.15, 0.2) is 5.78 Å². The van der Waals surface area contributed by atoms with Crippen LogP contribution in [0.4, 0.5) is 4.39 Å². The molecule has 152 valence electrons. The van der Waals surface area contributed by atoms with E-state index in [4.69, 9.17) is 0 Å². The van der Waals surface area contributed by atoms with Gasteiger partial charge in [-0.25, -0.2) is 4.39 Å². The number of carbonyl (C=O) groups excluding carboxylic acids is 2. The Morgan fingerprint density at radius 2 is 1.82 bits per heavy atom. The molecule has 0 aliphatic rings. The fraction of sp³-hybridized carbons (Fsp3) is 0.455. The number of ketones is 1. The summed E-state index contributed by atoms with van der Waals surface area (Å²) in [5, 5.41) is 2.82. The number of halogens is 1. The molecule has 2 aromatic rings. The molecule has 5 nitrogen and oxygen atoms in total. The number of benzene rings is 1. The first-order valence-corrected chi connectivity index (χ1v) is 9.71. The van der Waals surface area contributed by atoms with E-state index in [9.17, 15) is 14.0 Å². The lowest BCUT2D eigenvalue weighted by atomic mass is 10.1. The number of aryl methyl sites for hydroxylation is 2. The number of carbonyl (C=O) groups is 2. The van der Waals surface area contributed by atoms with Crippen molar-refractivity contribution in [1.82, 2.24) is 14.8 Å². The topological polar surface area (TPSA) is 54.3 Å². The van der Waals surface area contributed by atoms with Gasteiger partial charge in [0.25, 0.3) is 0 Å². The van der Waals surface area contributed by atoms with Crippen molar-refractivity contribution in [2.75, 3.05) is 26.7 Å². The van der Waals surface area contributed by atoms with Gasteiger partial charge in [0.05, 0.1) is 13.1 Å². The minimum atomic E-state index is -0.238. The predicted octanol–water partition coefficient (Wildman–Crippen LogP) is 3.13. The fourth-order valence-corrected chi connectivity index (χ4v) is 3.27. The molecule has 1 N–H and O–H groups in total. The zero-order chi connectivity index (χ0) is 20.7. The second-order valence-electron chi connectivity index (χ2n) is 7.26. The molecule has 1 aromatic heterocycles. The van der Waals surface area contributed by atoms with Crippen LogP contribution in [0, 0.1) is 19.7 Å². The van der Waals surface area contributed by atoms with Crippen LogP contribution in [0.5, 0.6) is 0 Å². The van der Waals surface area contributed by atoms with Crippen LogP contribution in [0.15, 0.2) is 30.3 Å². The summed E-state index contributed by atoms with van der Waals surface area (Å²) in [5.74, 6) is -0.300. The summed E-state index contributed by atoms with van der Waals surface area (Å²) >= 11 is 0. The summed E-state index contributed by atoms with van der Waals surface area (Å²) in [4.78, 5) is 26.3. The van der Waals surface area contributed by atoms with Crippen molar-refractivity contribution < 1.29 is 14.0 Å². The van der Waals surface area contributed by atoms with E-state index in [0.29, 0.717) is 12.1 Å². The van der Waals surface area contributed by atoms with Crippen LogP contribution in [-0.2, 0) is 17.8 Å². The van der Waals surface area contributed by atoms with Crippen LogP contribution in [-0.4, -0.2) is 47.8 Å². The summed E-state index contributed by atoms with van der Waals surface area (Å²) in [6.07, 6.45) is 1.65. The van der Waals surface area contributed by atoms with E-state index >= 15 is 0 Å². The van der Waals surface area contributed by atoms with Crippen LogP contribution < -0.4 is 5.32 Å². The molecule has 0 spiro atoms. The molecule has 0 aliphatic carbocycles. The summed E-state index contributed by atoms with van der Waals surface area (Å²) in [6.45, 7) is 7.70. The molecule has 0 saturated carbocycles. The van der Waals surface area contributed by atoms with Crippen LogP contribution >= 0.6 is 0 Å². The molecule has 0 atom stereocenters. The van der Waals surface area contributed by atoms with Gasteiger partial charge in [0.2, 0.25) is 5.91 Å². The van der Waals surface area contributed by atoms with E-state index < -0.39 is 0 Å². The van der Waals surface area contributed by atoms with Crippen molar-refractivity contribution in [2.24, 2.45) is 0 Å². The Kier molecular flexibility index (Phi) is 7.93. The summed E-state index contributed by atoms with van der Waals surface area (Å²) in [7, 11) is 1.77. The van der Waals surface area contributed by atoms with Gasteiger partial charge in [-0.2, -0.15) is 0 Å². The summed E-state index contributed by atoms with van der Waals surface area (Å²) in [5.41, 5.74) is 3.69. The van der Waals surface area contributed by atoms with E-state index in [1.807, 2.05) is 26.8 Å². The highest BCUT2D eigenvalue weighted by Gasteiger charge is 2.18. The maximum atomic E-state index is 13.0. The summed E-state index contributed by atoms with van der Waals surface area (Å²) in [6, 6.07) is 8.41. The van der Waals surface area contributed by atoms with Crippen molar-refractivity contribution in [3.05, 3.63) is 58.7 Å². The van der Waals surface area contributed by atoms with E-state index in [2.05, 4.69) is 9.88 Å². The van der Waals surface area contributed by atoms with Gasteiger partial charge in [-0.05, 0) is 57.5 Å². The van der Waals surface area contributed by atoms with Crippen LogP contribution in [0.1, 0.15) is 40.7 Å². The maximum absolute atomic E-state index is 13.0. The predicted molar refractivity (Wildman–Crippen MR) is 109 cm³/mol. The van der Waals surface area contributed by atoms with E-state index in [1.165, 1.54) is 12.1 Å². The molecule has 1 heterocycles. The minimum Gasteiger partial charge on any atom is -0.355 e. The standard InChI is InChI=1S/C22H30FN3O2/c1-5-11-24-22(28)15-25(4)14-21(27)20-13-16(2)26(17(20)3)12-10-18-6-8-19(23)9-7-18/h6-9,13H,5,10-12,14-15H2,1-4H3,(H,24,28). The molecule has 6 heteroatoms. The highest BCUT2D eigenvalue weighted by Crippen LogP contribution is 2.17. The van der Waals surface area contributed by atoms with Gasteiger partial charge in [-0.3, -0.25) is 14.5 Å². The zero-order valence-corrected chi connectivity index (χ0v) is 17.2. The number of hydrogen-bond acceptors (Lipinski definition) is 3. The number of aromatic nitrogens is 1. The van der Waals surface area contributed by atoms with E-state index in [-0.39, 0.29) is 30.6 Å². The zero-order valence-electron chi connectivity index (χ0n) is 17.2. The van der Waals surface area contributed by atoms with Crippen molar-refractivity contribution in [1.29, 1.82) is 0 Å². The van der Waals surface area contributed by atoms with Crippen molar-refractivity contribution in [2.45, 2.75) is 40.2 Å². The number of hydrogen-bond donors (Lipinski definition) is 1. The molecule has 0 bridgehead atoms. The number of likely N-dealkylation sites (N-methyl/N-ethyl adjacent to an activating group) is 1. The number of rotatable bonds is 10. The number of amides is 1. The highest BCUT2D eigenvalue weighted by molar-refractivity contribution is 5.99. The van der Waals surface area contributed by atoms with Gasteiger partial charge >= 0.3 is 0 Å². The molecule has 0 aliphatic heterocycles. The highest BCUT2D eigenvalue weighted by atomic mass is 19.1. The van der Waals surface area contributed by atoms with Crippen LogP contribution in [0.2, 0.25) is 0 Å². The number of nitrogens with zero attached hydrogens (tertiary/aromatic N) is 2. The SMILES string of the molecule is CCCNC(=O)CN(C)CC(=O)c1cc(C)n(CCc2ccc(F)cc2)c1C. The first kappa shape index (κ1) is 21.8. The lowest BCUT2D eigenvalue weighted by molar-refractivity contribution is -0.121. The lowest BCUT2D eigenvalue weighted by Gasteiger charge is -2.15. The summed E-state index contributed by atoms with van der Waals surface area (Å²) < 4.78 is 15.2. The quantitative estimate of drug-likeness (QED) is 0.638. The molecule has 0 fully saturated rings. The number of Topliss-reactive ketones (excluding diaryl/α,β-unsaturated/α-hetero) is 1. The van der Waals surface area contributed by atoms with E-state index in [0.717, 1.165) is 36.3 Å². The normalized spacial score (nSPS) is 11.1. The monoisotopic (exact) mass is 387 g/mol. The van der Waals surface area contributed by atoms with E-state index in [1.54, 1.807) is 24.1 Å². The third kappa shape index (κ3) is 6.02. The first-order chi connectivity index (χ1) is 13.3. The molecule has 0 radical (unpaired) electrons. The van der Waals surface area contributed by atoms with Crippen LogP contribution in [0.3, 0.4) is 0 Å². The molecular formula is C22H30FN3O2. The van der Waals surface area contributed by atoms with Gasteiger partial charge in [-0.1, -0.05) is 19.1 Å².